The maximum atomic E-state index is 12.0. The normalized spacial score (nSPS) is 10.8. The van der Waals surface area contributed by atoms with Gasteiger partial charge in [0.05, 0.1) is 21.3 Å². The molecule has 2 rings (SSSR count). The molecule has 0 unspecified atom stereocenters. The van der Waals surface area contributed by atoms with Crippen LogP contribution in [0.2, 0.25) is 0 Å². The zero-order valence-corrected chi connectivity index (χ0v) is 13.0. The quantitative estimate of drug-likeness (QED) is 0.617. The molecule has 1 aromatic carbocycles. The highest BCUT2D eigenvalue weighted by Crippen LogP contribution is 2.40. The van der Waals surface area contributed by atoms with Gasteiger partial charge in [0.2, 0.25) is 11.5 Å². The van der Waals surface area contributed by atoms with Gasteiger partial charge in [0.15, 0.2) is 23.0 Å². The number of aromatic nitrogens is 1. The second-order valence-electron chi connectivity index (χ2n) is 4.46. The van der Waals surface area contributed by atoms with Crippen LogP contribution >= 0.6 is 0 Å². The zero-order chi connectivity index (χ0) is 16.8. The molecule has 0 saturated heterocycles. The van der Waals surface area contributed by atoms with Gasteiger partial charge in [-0.25, -0.2) is 0 Å². The van der Waals surface area contributed by atoms with E-state index in [1.165, 1.54) is 33.5 Å². The lowest BCUT2D eigenvalue weighted by Crippen LogP contribution is -1.97. The summed E-state index contributed by atoms with van der Waals surface area (Å²) in [5, 5.41) is 12.5. The molecule has 0 saturated carbocycles. The molecule has 2 aromatic rings. The van der Waals surface area contributed by atoms with Crippen molar-refractivity contribution in [2.75, 3.05) is 21.3 Å². The molecule has 0 bridgehead atoms. The van der Waals surface area contributed by atoms with Gasteiger partial charge in [-0.15, -0.1) is 0 Å². The van der Waals surface area contributed by atoms with Crippen LogP contribution in [0.1, 0.15) is 21.8 Å². The molecule has 0 atom stereocenters. The van der Waals surface area contributed by atoms with Crippen molar-refractivity contribution in [3.8, 4) is 17.2 Å². The Morgan fingerprint density at radius 1 is 1.22 bits per heavy atom. The lowest BCUT2D eigenvalue weighted by atomic mass is 10.1. The number of ether oxygens (including phenoxy) is 3. The summed E-state index contributed by atoms with van der Waals surface area (Å²) in [6.07, 6.45) is 2.92. The summed E-state index contributed by atoms with van der Waals surface area (Å²) in [6, 6.07) is 4.84. The number of hydrogen-bond acceptors (Lipinski definition) is 7. The third-order valence-electron chi connectivity index (χ3n) is 3.12. The van der Waals surface area contributed by atoms with Crippen molar-refractivity contribution in [1.29, 1.82) is 0 Å². The summed E-state index contributed by atoms with van der Waals surface area (Å²) in [7, 11) is 4.53. The van der Waals surface area contributed by atoms with E-state index in [0.717, 1.165) is 0 Å². The molecular weight excluding hydrogens is 302 g/mol. The third-order valence-corrected chi connectivity index (χ3v) is 3.12. The fraction of sp³-hybridized carbons (Fsp3) is 0.250. The molecule has 0 aliphatic heterocycles. The van der Waals surface area contributed by atoms with Crippen molar-refractivity contribution in [1.82, 2.24) is 5.16 Å². The third kappa shape index (κ3) is 3.51. The summed E-state index contributed by atoms with van der Waals surface area (Å²) in [4.78, 5) is 12.0. The van der Waals surface area contributed by atoms with Gasteiger partial charge in [-0.3, -0.25) is 4.79 Å². The average molecular weight is 319 g/mol. The molecule has 0 spiro atoms. The molecule has 7 nitrogen and oxygen atoms in total. The number of carbonyl (C=O) groups is 1. The van der Waals surface area contributed by atoms with Gasteiger partial charge in [-0.2, -0.15) is 0 Å². The Morgan fingerprint density at radius 3 is 2.52 bits per heavy atom. The van der Waals surface area contributed by atoms with Crippen molar-refractivity contribution < 1.29 is 28.6 Å². The highest BCUT2D eigenvalue weighted by Gasteiger charge is 2.15. The van der Waals surface area contributed by atoms with Gasteiger partial charge in [0.25, 0.3) is 0 Å². The molecule has 0 fully saturated rings. The highest BCUT2D eigenvalue weighted by molar-refractivity contribution is 6.05. The van der Waals surface area contributed by atoms with E-state index in [4.69, 9.17) is 23.8 Å². The maximum Gasteiger partial charge on any atom is 0.207 e. The van der Waals surface area contributed by atoms with Crippen LogP contribution in [0.5, 0.6) is 17.2 Å². The van der Waals surface area contributed by atoms with Crippen LogP contribution < -0.4 is 14.2 Å². The lowest BCUT2D eigenvalue weighted by Gasteiger charge is -2.13. The summed E-state index contributed by atoms with van der Waals surface area (Å²) in [5.41, 5.74) is 0.758. The molecule has 1 N–H and O–H groups in total. The van der Waals surface area contributed by atoms with Crippen LogP contribution in [0.3, 0.4) is 0 Å². The number of rotatable bonds is 7. The molecular formula is C16H17NO6. The van der Waals surface area contributed by atoms with Crippen LogP contribution in [0.15, 0.2) is 28.8 Å². The van der Waals surface area contributed by atoms with Crippen LogP contribution in [0, 0.1) is 0 Å². The molecule has 0 aliphatic rings. The van der Waals surface area contributed by atoms with Gasteiger partial charge < -0.3 is 23.8 Å². The van der Waals surface area contributed by atoms with Crippen molar-refractivity contribution in [2.45, 2.75) is 6.61 Å². The van der Waals surface area contributed by atoms with Gasteiger partial charge >= 0.3 is 0 Å². The zero-order valence-electron chi connectivity index (χ0n) is 13.0. The monoisotopic (exact) mass is 319 g/mol. The van der Waals surface area contributed by atoms with E-state index < -0.39 is 0 Å². The van der Waals surface area contributed by atoms with Gasteiger partial charge in [0, 0.05) is 11.6 Å². The summed E-state index contributed by atoms with van der Waals surface area (Å²) < 4.78 is 20.6. The van der Waals surface area contributed by atoms with E-state index in [2.05, 4.69) is 5.16 Å². The smallest absolute Gasteiger partial charge is 0.207 e. The molecule has 1 aromatic heterocycles. The highest BCUT2D eigenvalue weighted by atomic mass is 16.5. The van der Waals surface area contributed by atoms with E-state index >= 15 is 0 Å². The number of ketones is 1. The number of carbonyl (C=O) groups excluding carboxylic acids is 1. The summed E-state index contributed by atoms with van der Waals surface area (Å²) in [6.45, 7) is -0.312. The second kappa shape index (κ2) is 7.46. The largest absolute Gasteiger partial charge is 0.493 e. The van der Waals surface area contributed by atoms with E-state index in [-0.39, 0.29) is 23.8 Å². The van der Waals surface area contributed by atoms with Gasteiger partial charge in [0.1, 0.15) is 6.61 Å². The first-order valence-corrected chi connectivity index (χ1v) is 6.72. The number of aliphatic hydroxyl groups excluding tert-OH is 1. The minimum absolute atomic E-state index is 0.116. The summed E-state index contributed by atoms with van der Waals surface area (Å²) in [5.74, 6) is 1.29. The van der Waals surface area contributed by atoms with E-state index in [0.29, 0.717) is 22.8 Å². The van der Waals surface area contributed by atoms with E-state index in [1.807, 2.05) is 0 Å². The topological polar surface area (TPSA) is 91.0 Å². The van der Waals surface area contributed by atoms with E-state index in [1.54, 1.807) is 18.2 Å². The van der Waals surface area contributed by atoms with Crippen molar-refractivity contribution in [3.05, 3.63) is 41.3 Å². The van der Waals surface area contributed by atoms with Crippen molar-refractivity contribution in [3.63, 3.8) is 0 Å². The number of aliphatic hydroxyl groups is 1. The molecule has 0 amide bonds. The summed E-state index contributed by atoms with van der Waals surface area (Å²) >= 11 is 0. The van der Waals surface area contributed by atoms with E-state index in [9.17, 15) is 4.79 Å². The number of methoxy groups -OCH3 is 3. The molecule has 7 heteroatoms. The number of nitrogens with zero attached hydrogens (tertiary/aromatic N) is 1. The first-order valence-electron chi connectivity index (χ1n) is 6.72. The van der Waals surface area contributed by atoms with Crippen molar-refractivity contribution in [2.24, 2.45) is 0 Å². The maximum absolute atomic E-state index is 12.0. The number of benzene rings is 1. The predicted octanol–water partition coefficient (Wildman–Crippen LogP) is 2.09. The van der Waals surface area contributed by atoms with Crippen molar-refractivity contribution >= 4 is 11.9 Å². The van der Waals surface area contributed by atoms with Crippen LogP contribution in [-0.4, -0.2) is 37.4 Å². The molecule has 122 valence electrons. The fourth-order valence-corrected chi connectivity index (χ4v) is 2.01. The Bertz CT molecular complexity index is 719. The average Bonchev–Trinajstić information content (AvgIpc) is 3.07. The minimum Gasteiger partial charge on any atom is -0.493 e. The van der Waals surface area contributed by atoms with Gasteiger partial charge in [-0.1, -0.05) is 5.16 Å². The fourth-order valence-electron chi connectivity index (χ4n) is 2.01. The Morgan fingerprint density at radius 2 is 1.96 bits per heavy atom. The first kappa shape index (κ1) is 16.6. The SMILES string of the molecule is COc1ccc(C=CC(=O)c2cc(CO)on2)c(OC)c1OC. The molecule has 0 radical (unpaired) electrons. The Balaban J connectivity index is 2.30. The predicted molar refractivity (Wildman–Crippen MR) is 81.9 cm³/mol. The standard InChI is InChI=1S/C16H17NO6/c1-20-14-7-5-10(15(21-2)16(14)22-3)4-6-13(19)12-8-11(9-18)23-17-12/h4-8,18H,9H2,1-3H3. The Hall–Kier alpha value is -2.80. The van der Waals surface area contributed by atoms with Crippen LogP contribution in [0.25, 0.3) is 6.08 Å². The second-order valence-corrected chi connectivity index (χ2v) is 4.46. The van der Waals surface area contributed by atoms with Gasteiger partial charge in [-0.05, 0) is 24.3 Å². The number of hydrogen-bond donors (Lipinski definition) is 1. The Labute approximate surface area is 133 Å². The molecule has 1 heterocycles. The first-order chi connectivity index (χ1) is 11.1. The lowest BCUT2D eigenvalue weighted by molar-refractivity contribution is 0.103. The van der Waals surface area contributed by atoms with Crippen LogP contribution in [-0.2, 0) is 6.61 Å². The minimum atomic E-state index is -0.356. The van der Waals surface area contributed by atoms with Crippen LogP contribution in [0.4, 0.5) is 0 Å². The number of allylic oxidation sites excluding steroid dienone is 1. The Kier molecular flexibility index (Phi) is 5.37. The molecule has 0 aliphatic carbocycles. The molecule has 23 heavy (non-hydrogen) atoms.